The number of pyridine rings is 1. The highest BCUT2D eigenvalue weighted by Crippen LogP contribution is 2.31. The van der Waals surface area contributed by atoms with Crippen LogP contribution >= 0.6 is 0 Å². The molecule has 43 heavy (non-hydrogen) atoms. The molecule has 2 N–H and O–H groups in total. The van der Waals surface area contributed by atoms with Crippen LogP contribution in [0, 0.1) is 22.7 Å². The number of ether oxygens (including phenoxy) is 1. The van der Waals surface area contributed by atoms with Gasteiger partial charge in [-0.1, -0.05) is 102 Å². The van der Waals surface area contributed by atoms with Crippen LogP contribution in [-0.4, -0.2) is 46.7 Å². The summed E-state index contributed by atoms with van der Waals surface area (Å²) in [7, 11) is 1.33. The van der Waals surface area contributed by atoms with E-state index in [-0.39, 0.29) is 30.2 Å². The molecular weight excluding hydrogens is 538 g/mol. The van der Waals surface area contributed by atoms with E-state index in [9.17, 15) is 14.7 Å². The van der Waals surface area contributed by atoms with Gasteiger partial charge in [-0.2, -0.15) is 0 Å². The first-order valence-electron chi connectivity index (χ1n) is 15.1. The maximum atomic E-state index is 13.7. The van der Waals surface area contributed by atoms with Gasteiger partial charge in [-0.3, -0.25) is 20.0 Å². The first-order valence-corrected chi connectivity index (χ1v) is 15.1. The number of aromatic nitrogens is 1. The summed E-state index contributed by atoms with van der Waals surface area (Å²) in [4.78, 5) is 30.3. The van der Waals surface area contributed by atoms with Crippen molar-refractivity contribution in [2.75, 3.05) is 13.7 Å². The van der Waals surface area contributed by atoms with Crippen LogP contribution in [-0.2, 0) is 27.3 Å². The summed E-state index contributed by atoms with van der Waals surface area (Å²) in [5.74, 6) is -1.34. The maximum Gasteiger partial charge on any atom is 0.306 e. The Hall–Kier alpha value is -3.55. The molecule has 0 bridgehead atoms. The van der Waals surface area contributed by atoms with Crippen molar-refractivity contribution >= 4 is 11.9 Å². The van der Waals surface area contributed by atoms with E-state index in [4.69, 9.17) is 4.74 Å². The Labute approximate surface area is 257 Å². The number of hydrogen-bond donors (Lipinski definition) is 2. The third-order valence-electron chi connectivity index (χ3n) is 7.68. The Bertz CT molecular complexity index is 1280. The fourth-order valence-corrected chi connectivity index (χ4v) is 5.38. The molecule has 0 radical (unpaired) electrons. The Kier molecular flexibility index (Phi) is 12.0. The SMILES string of the molecule is COC(=O)C[C@H](C(=O)NN(Cc1ccc(-c2ccccn2)cc1)C[C@H](O)[C@H](Cc1ccccc1)CC(C)(C)C)C(C)(C)C. The largest absolute Gasteiger partial charge is 0.469 e. The van der Waals surface area contributed by atoms with Gasteiger partial charge in [0.05, 0.1) is 31.2 Å². The Morgan fingerprint density at radius 3 is 2.12 bits per heavy atom. The molecule has 0 aliphatic rings. The lowest BCUT2D eigenvalue weighted by Crippen LogP contribution is -2.51. The minimum atomic E-state index is -0.707. The second kappa shape index (κ2) is 15.3. The third-order valence-corrected chi connectivity index (χ3v) is 7.68. The van der Waals surface area contributed by atoms with Gasteiger partial charge in [-0.05, 0) is 52.8 Å². The van der Waals surface area contributed by atoms with E-state index in [1.807, 2.05) is 81.4 Å². The second-order valence-electron chi connectivity index (χ2n) is 13.7. The first-order chi connectivity index (χ1) is 20.2. The number of hydrazine groups is 1. The summed E-state index contributed by atoms with van der Waals surface area (Å²) in [5, 5.41) is 13.5. The van der Waals surface area contributed by atoms with Crippen molar-refractivity contribution in [1.29, 1.82) is 0 Å². The average Bonchev–Trinajstić information content (AvgIpc) is 2.95. The molecule has 7 heteroatoms. The second-order valence-corrected chi connectivity index (χ2v) is 13.7. The zero-order valence-electron chi connectivity index (χ0n) is 26.8. The number of carbonyl (C=O) groups excluding carboxylic acids is 2. The standard InChI is InChI=1S/C36H49N3O4/c1-35(2,3)23-29(21-26-13-9-8-10-14-26)32(40)25-39(38-34(42)30(36(4,5)6)22-33(41)43-7)24-27-16-18-28(19-17-27)31-15-11-12-20-37-31/h8-20,29-30,32,40H,21-25H2,1-7H3,(H,38,42)/t29-,30-,32+/m1/s1. The van der Waals surface area contributed by atoms with Crippen LogP contribution in [0.15, 0.2) is 79.0 Å². The van der Waals surface area contributed by atoms with Crippen molar-refractivity contribution in [1.82, 2.24) is 15.4 Å². The monoisotopic (exact) mass is 587 g/mol. The number of nitrogens with zero attached hydrogens (tertiary/aromatic N) is 2. The molecule has 3 aromatic rings. The highest BCUT2D eigenvalue weighted by molar-refractivity contribution is 5.84. The summed E-state index contributed by atoms with van der Waals surface area (Å²) < 4.78 is 4.90. The number of aliphatic hydroxyl groups excluding tert-OH is 1. The number of benzene rings is 2. The van der Waals surface area contributed by atoms with Crippen LogP contribution in [0.2, 0.25) is 0 Å². The molecule has 7 nitrogen and oxygen atoms in total. The molecule has 232 valence electrons. The van der Waals surface area contributed by atoms with Crippen molar-refractivity contribution in [2.24, 2.45) is 22.7 Å². The molecule has 1 aromatic heterocycles. The number of amides is 1. The summed E-state index contributed by atoms with van der Waals surface area (Å²) >= 11 is 0. The number of rotatable bonds is 13. The summed E-state index contributed by atoms with van der Waals surface area (Å²) in [6.07, 6.45) is 2.58. The van der Waals surface area contributed by atoms with Crippen molar-refractivity contribution in [3.05, 3.63) is 90.1 Å². The Morgan fingerprint density at radius 1 is 0.907 bits per heavy atom. The van der Waals surface area contributed by atoms with Gasteiger partial charge >= 0.3 is 5.97 Å². The summed E-state index contributed by atoms with van der Waals surface area (Å²) in [5.41, 5.74) is 6.63. The summed E-state index contributed by atoms with van der Waals surface area (Å²) in [6.45, 7) is 13.0. The van der Waals surface area contributed by atoms with Gasteiger partial charge in [-0.15, -0.1) is 0 Å². The van der Waals surface area contributed by atoms with Gasteiger partial charge in [0.15, 0.2) is 0 Å². The minimum absolute atomic E-state index is 0.00759. The smallest absolute Gasteiger partial charge is 0.306 e. The molecule has 3 atom stereocenters. The number of hydrogen-bond acceptors (Lipinski definition) is 6. The molecule has 3 rings (SSSR count). The van der Waals surface area contributed by atoms with Crippen LogP contribution in [0.1, 0.15) is 65.5 Å². The Morgan fingerprint density at radius 2 is 1.56 bits per heavy atom. The predicted molar refractivity (Wildman–Crippen MR) is 172 cm³/mol. The van der Waals surface area contributed by atoms with Gasteiger partial charge < -0.3 is 9.84 Å². The van der Waals surface area contributed by atoms with E-state index in [0.29, 0.717) is 6.54 Å². The van der Waals surface area contributed by atoms with Crippen molar-refractivity contribution in [3.8, 4) is 11.3 Å². The van der Waals surface area contributed by atoms with Crippen LogP contribution in [0.5, 0.6) is 0 Å². The van der Waals surface area contributed by atoms with Crippen LogP contribution in [0.25, 0.3) is 11.3 Å². The fourth-order valence-electron chi connectivity index (χ4n) is 5.38. The molecule has 0 saturated carbocycles. The van der Waals surface area contributed by atoms with Gasteiger partial charge in [-0.25, -0.2) is 5.01 Å². The average molecular weight is 588 g/mol. The van der Waals surface area contributed by atoms with Gasteiger partial charge in [0.25, 0.3) is 0 Å². The lowest BCUT2D eigenvalue weighted by Gasteiger charge is -2.35. The normalized spacial score (nSPS) is 14.2. The quantitative estimate of drug-likeness (QED) is 0.176. The van der Waals surface area contributed by atoms with E-state index in [0.717, 1.165) is 29.7 Å². The van der Waals surface area contributed by atoms with E-state index >= 15 is 0 Å². The molecule has 1 amide bonds. The zero-order valence-corrected chi connectivity index (χ0v) is 26.8. The van der Waals surface area contributed by atoms with Gasteiger partial charge in [0, 0.05) is 24.8 Å². The molecule has 0 fully saturated rings. The number of methoxy groups -OCH3 is 1. The predicted octanol–water partition coefficient (Wildman–Crippen LogP) is 6.46. The topological polar surface area (TPSA) is 91.8 Å². The number of aliphatic hydroxyl groups is 1. The van der Waals surface area contributed by atoms with E-state index in [2.05, 4.69) is 43.3 Å². The highest BCUT2D eigenvalue weighted by Gasteiger charge is 2.35. The van der Waals surface area contributed by atoms with E-state index in [1.54, 1.807) is 11.2 Å². The molecule has 0 unspecified atom stereocenters. The maximum absolute atomic E-state index is 13.7. The number of esters is 1. The molecule has 0 aliphatic carbocycles. The van der Waals surface area contributed by atoms with Gasteiger partial charge in [0.2, 0.25) is 5.91 Å². The van der Waals surface area contributed by atoms with Crippen LogP contribution in [0.3, 0.4) is 0 Å². The number of carbonyl (C=O) groups is 2. The van der Waals surface area contributed by atoms with Crippen molar-refractivity contribution in [3.63, 3.8) is 0 Å². The number of nitrogens with one attached hydrogen (secondary N) is 1. The first kappa shape index (κ1) is 33.9. The fraction of sp³-hybridized carbons (Fsp3) is 0.472. The summed E-state index contributed by atoms with van der Waals surface area (Å²) in [6, 6.07) is 24.1. The van der Waals surface area contributed by atoms with Gasteiger partial charge in [0.1, 0.15) is 0 Å². The van der Waals surface area contributed by atoms with E-state index in [1.165, 1.54) is 12.7 Å². The zero-order chi connectivity index (χ0) is 31.6. The van der Waals surface area contributed by atoms with Crippen molar-refractivity contribution in [2.45, 2.75) is 73.5 Å². The highest BCUT2D eigenvalue weighted by atomic mass is 16.5. The molecule has 0 saturated heterocycles. The molecule has 1 heterocycles. The van der Waals surface area contributed by atoms with Crippen LogP contribution < -0.4 is 5.43 Å². The molecule has 2 aromatic carbocycles. The molecular formula is C36H49N3O4. The van der Waals surface area contributed by atoms with Crippen LogP contribution in [0.4, 0.5) is 0 Å². The lowest BCUT2D eigenvalue weighted by atomic mass is 9.78. The lowest BCUT2D eigenvalue weighted by molar-refractivity contribution is -0.148. The molecule has 0 spiro atoms. The third kappa shape index (κ3) is 11.2. The molecule has 0 aliphatic heterocycles. The van der Waals surface area contributed by atoms with Crippen molar-refractivity contribution < 1.29 is 19.4 Å². The Balaban J connectivity index is 1.87. The minimum Gasteiger partial charge on any atom is -0.469 e. The van der Waals surface area contributed by atoms with E-state index < -0.39 is 23.4 Å².